The first-order chi connectivity index (χ1) is 9.81. The van der Waals surface area contributed by atoms with Gasteiger partial charge < -0.3 is 14.2 Å². The van der Waals surface area contributed by atoms with Gasteiger partial charge in [-0.05, 0) is 29.8 Å². The third-order valence-electron chi connectivity index (χ3n) is 2.56. The second-order valence-electron chi connectivity index (χ2n) is 3.82. The van der Waals surface area contributed by atoms with Crippen LogP contribution in [0.25, 0.3) is 0 Å². The topological polar surface area (TPSA) is 27.7 Å². The van der Waals surface area contributed by atoms with Crippen LogP contribution in [-0.4, -0.2) is 14.2 Å². The molecule has 0 aliphatic rings. The van der Waals surface area contributed by atoms with Crippen molar-refractivity contribution < 1.29 is 14.2 Å². The van der Waals surface area contributed by atoms with E-state index in [9.17, 15) is 0 Å². The van der Waals surface area contributed by atoms with E-state index in [1.54, 1.807) is 14.2 Å². The third kappa shape index (κ3) is 4.84. The molecule has 2 rings (SSSR count). The number of hydrogen-bond acceptors (Lipinski definition) is 3. The van der Waals surface area contributed by atoms with Gasteiger partial charge >= 0.3 is 0 Å². The van der Waals surface area contributed by atoms with Crippen LogP contribution in [0, 0.1) is 0 Å². The summed E-state index contributed by atoms with van der Waals surface area (Å²) in [4.78, 5) is 0. The van der Waals surface area contributed by atoms with E-state index in [1.165, 1.54) is 0 Å². The predicted molar refractivity (Wildman–Crippen MR) is 81.7 cm³/mol. The summed E-state index contributed by atoms with van der Waals surface area (Å²) in [6.07, 6.45) is 0. The van der Waals surface area contributed by atoms with E-state index in [4.69, 9.17) is 14.2 Å². The largest absolute Gasteiger partial charge is 0.497 e. The second kappa shape index (κ2) is 8.86. The molecule has 0 aliphatic heterocycles. The number of benzene rings is 2. The smallest absolute Gasteiger partial charge is 0.122 e. The maximum atomic E-state index is 5.68. The van der Waals surface area contributed by atoms with Crippen LogP contribution >= 0.6 is 0 Å². The fourth-order valence-electron chi connectivity index (χ4n) is 1.63. The molecule has 0 N–H and O–H groups in total. The SMILES string of the molecule is CC.COc1cc(COc2ccccc2)cc(OC)c1. The van der Waals surface area contributed by atoms with E-state index in [0.29, 0.717) is 6.61 Å². The zero-order valence-electron chi connectivity index (χ0n) is 12.6. The molecule has 0 spiro atoms. The highest BCUT2D eigenvalue weighted by atomic mass is 16.5. The quantitative estimate of drug-likeness (QED) is 0.813. The van der Waals surface area contributed by atoms with Gasteiger partial charge in [-0.15, -0.1) is 0 Å². The molecule has 0 bridgehead atoms. The van der Waals surface area contributed by atoms with Gasteiger partial charge in [-0.25, -0.2) is 0 Å². The Balaban J connectivity index is 0.000000956. The fraction of sp³-hybridized carbons (Fsp3) is 0.294. The van der Waals surface area contributed by atoms with Crippen LogP contribution in [0.4, 0.5) is 0 Å². The lowest BCUT2D eigenvalue weighted by atomic mass is 10.2. The van der Waals surface area contributed by atoms with Crippen molar-refractivity contribution in [2.45, 2.75) is 20.5 Å². The lowest BCUT2D eigenvalue weighted by molar-refractivity contribution is 0.304. The number of methoxy groups -OCH3 is 2. The zero-order chi connectivity index (χ0) is 14.8. The Morgan fingerprint density at radius 2 is 1.30 bits per heavy atom. The molecule has 0 aliphatic carbocycles. The molecule has 20 heavy (non-hydrogen) atoms. The van der Waals surface area contributed by atoms with E-state index in [2.05, 4.69) is 0 Å². The van der Waals surface area contributed by atoms with Crippen molar-refractivity contribution in [3.63, 3.8) is 0 Å². The van der Waals surface area contributed by atoms with Crippen molar-refractivity contribution in [2.75, 3.05) is 14.2 Å². The lowest BCUT2D eigenvalue weighted by Gasteiger charge is -2.09. The number of rotatable bonds is 5. The van der Waals surface area contributed by atoms with E-state index in [1.807, 2.05) is 62.4 Å². The van der Waals surface area contributed by atoms with E-state index < -0.39 is 0 Å². The summed E-state index contributed by atoms with van der Waals surface area (Å²) in [5.74, 6) is 2.38. The molecule has 0 saturated heterocycles. The molecule has 0 atom stereocenters. The maximum absolute atomic E-state index is 5.68. The van der Waals surface area contributed by atoms with Gasteiger partial charge in [0.2, 0.25) is 0 Å². The first kappa shape index (κ1) is 15.9. The van der Waals surface area contributed by atoms with E-state index >= 15 is 0 Å². The number of hydrogen-bond donors (Lipinski definition) is 0. The van der Waals surface area contributed by atoms with Crippen LogP contribution in [0.1, 0.15) is 19.4 Å². The van der Waals surface area contributed by atoms with Gasteiger partial charge in [0.05, 0.1) is 14.2 Å². The molecule has 0 fully saturated rings. The molecule has 0 saturated carbocycles. The van der Waals surface area contributed by atoms with Gasteiger partial charge in [-0.2, -0.15) is 0 Å². The summed E-state index contributed by atoms with van der Waals surface area (Å²) in [6, 6.07) is 15.4. The minimum atomic E-state index is 0.484. The van der Waals surface area contributed by atoms with Gasteiger partial charge in [-0.3, -0.25) is 0 Å². The third-order valence-corrected chi connectivity index (χ3v) is 2.56. The highest BCUT2D eigenvalue weighted by Crippen LogP contribution is 2.23. The van der Waals surface area contributed by atoms with Crippen LogP contribution < -0.4 is 14.2 Å². The molecule has 3 nitrogen and oxygen atoms in total. The summed E-state index contributed by atoms with van der Waals surface area (Å²) < 4.78 is 16.1. The Labute approximate surface area is 121 Å². The Hall–Kier alpha value is -2.16. The predicted octanol–water partition coefficient (Wildman–Crippen LogP) is 4.31. The second-order valence-corrected chi connectivity index (χ2v) is 3.82. The van der Waals surface area contributed by atoms with Crippen molar-refractivity contribution in [3.05, 3.63) is 54.1 Å². The van der Waals surface area contributed by atoms with Crippen molar-refractivity contribution in [1.29, 1.82) is 0 Å². The monoisotopic (exact) mass is 274 g/mol. The molecular weight excluding hydrogens is 252 g/mol. The maximum Gasteiger partial charge on any atom is 0.122 e. The van der Waals surface area contributed by atoms with Gasteiger partial charge in [0.25, 0.3) is 0 Å². The van der Waals surface area contributed by atoms with Crippen LogP contribution in [0.15, 0.2) is 48.5 Å². The number of para-hydroxylation sites is 1. The molecule has 0 aromatic heterocycles. The summed E-state index contributed by atoms with van der Waals surface area (Å²) in [5, 5.41) is 0. The van der Waals surface area contributed by atoms with E-state index in [0.717, 1.165) is 22.8 Å². The van der Waals surface area contributed by atoms with Gasteiger partial charge in [0, 0.05) is 6.07 Å². The fourth-order valence-corrected chi connectivity index (χ4v) is 1.63. The summed E-state index contributed by atoms with van der Waals surface area (Å²) in [7, 11) is 3.27. The Morgan fingerprint density at radius 1 is 0.750 bits per heavy atom. The molecule has 108 valence electrons. The Bertz CT molecular complexity index is 473. The van der Waals surface area contributed by atoms with Crippen molar-refractivity contribution in [2.24, 2.45) is 0 Å². The minimum Gasteiger partial charge on any atom is -0.497 e. The molecule has 3 heteroatoms. The molecular formula is C17H22O3. The van der Waals surface area contributed by atoms with Crippen molar-refractivity contribution in [3.8, 4) is 17.2 Å². The van der Waals surface area contributed by atoms with Crippen LogP contribution in [0.2, 0.25) is 0 Å². The minimum absolute atomic E-state index is 0.484. The molecule has 2 aromatic carbocycles. The van der Waals surface area contributed by atoms with Gasteiger partial charge in [0.15, 0.2) is 0 Å². The van der Waals surface area contributed by atoms with Crippen molar-refractivity contribution in [1.82, 2.24) is 0 Å². The zero-order valence-corrected chi connectivity index (χ0v) is 12.6. The Kier molecular flexibility index (Phi) is 7.04. The lowest BCUT2D eigenvalue weighted by Crippen LogP contribution is -1.97. The molecule has 0 amide bonds. The summed E-state index contributed by atoms with van der Waals surface area (Å²) in [5.41, 5.74) is 1.01. The van der Waals surface area contributed by atoms with Gasteiger partial charge in [-0.1, -0.05) is 32.0 Å². The summed E-state index contributed by atoms with van der Waals surface area (Å²) >= 11 is 0. The standard InChI is InChI=1S/C15H16O3.C2H6/c1-16-14-8-12(9-15(10-14)17-2)11-18-13-6-4-3-5-7-13;1-2/h3-10H,11H2,1-2H3;1-2H3. The van der Waals surface area contributed by atoms with Crippen LogP contribution in [0.5, 0.6) is 17.2 Å². The first-order valence-electron chi connectivity index (χ1n) is 6.71. The highest BCUT2D eigenvalue weighted by molar-refractivity contribution is 5.38. The molecule has 0 unspecified atom stereocenters. The average Bonchev–Trinajstić information content (AvgIpc) is 2.55. The molecule has 0 radical (unpaired) electrons. The Morgan fingerprint density at radius 3 is 1.80 bits per heavy atom. The number of ether oxygens (including phenoxy) is 3. The van der Waals surface area contributed by atoms with Crippen LogP contribution in [-0.2, 0) is 6.61 Å². The molecule has 0 heterocycles. The average molecular weight is 274 g/mol. The summed E-state index contributed by atoms with van der Waals surface area (Å²) in [6.45, 7) is 4.48. The van der Waals surface area contributed by atoms with Crippen molar-refractivity contribution >= 4 is 0 Å². The van der Waals surface area contributed by atoms with E-state index in [-0.39, 0.29) is 0 Å². The molecule has 2 aromatic rings. The van der Waals surface area contributed by atoms with Crippen LogP contribution in [0.3, 0.4) is 0 Å². The highest BCUT2D eigenvalue weighted by Gasteiger charge is 2.02. The first-order valence-corrected chi connectivity index (χ1v) is 6.71. The van der Waals surface area contributed by atoms with Gasteiger partial charge in [0.1, 0.15) is 23.9 Å². The normalized spacial score (nSPS) is 9.20.